The van der Waals surface area contributed by atoms with Crippen LogP contribution in [-0.4, -0.2) is 42.4 Å². The van der Waals surface area contributed by atoms with Gasteiger partial charge in [0.25, 0.3) is 0 Å². The Kier molecular flexibility index (Phi) is 3.58. The van der Waals surface area contributed by atoms with Crippen molar-refractivity contribution in [1.82, 2.24) is 4.98 Å². The third-order valence-electron chi connectivity index (χ3n) is 3.11. The zero-order valence-electron chi connectivity index (χ0n) is 9.80. The first-order valence-electron chi connectivity index (χ1n) is 5.68. The van der Waals surface area contributed by atoms with Crippen molar-refractivity contribution in [3.05, 3.63) is 24.0 Å². The molecule has 0 atom stereocenters. The van der Waals surface area contributed by atoms with Gasteiger partial charge >= 0.3 is 5.97 Å². The fourth-order valence-electron chi connectivity index (χ4n) is 2.05. The molecular formula is C12H16N2O3. The smallest absolute Gasteiger partial charge is 0.354 e. The lowest BCUT2D eigenvalue weighted by molar-refractivity contribution is 0.0690. The van der Waals surface area contributed by atoms with E-state index in [0.29, 0.717) is 6.10 Å². The van der Waals surface area contributed by atoms with Gasteiger partial charge in [-0.2, -0.15) is 0 Å². The number of carbonyl (C=O) groups is 1. The standard InChI is InChI=1S/C12H16N2O3/c1-17-10-4-6-14(7-5-10)9-2-3-11(12(15)16)13-8-9/h2-3,8,10H,4-7H2,1H3,(H,15,16). The van der Waals surface area contributed by atoms with Crippen LogP contribution in [0.4, 0.5) is 5.69 Å². The Bertz CT molecular complexity index is 383. The van der Waals surface area contributed by atoms with Crippen LogP contribution < -0.4 is 4.90 Å². The Morgan fingerprint density at radius 3 is 2.65 bits per heavy atom. The normalized spacial score (nSPS) is 17.1. The van der Waals surface area contributed by atoms with E-state index in [4.69, 9.17) is 9.84 Å². The van der Waals surface area contributed by atoms with Crippen molar-refractivity contribution in [2.24, 2.45) is 0 Å². The van der Waals surface area contributed by atoms with E-state index in [2.05, 4.69) is 9.88 Å². The largest absolute Gasteiger partial charge is 0.477 e. The first-order chi connectivity index (χ1) is 8.20. The van der Waals surface area contributed by atoms with Gasteiger partial charge in [-0.05, 0) is 25.0 Å². The second-order valence-corrected chi connectivity index (χ2v) is 4.13. The lowest BCUT2D eigenvalue weighted by Crippen LogP contribution is -2.36. The van der Waals surface area contributed by atoms with E-state index in [-0.39, 0.29) is 5.69 Å². The minimum atomic E-state index is -0.991. The summed E-state index contributed by atoms with van der Waals surface area (Å²) in [5.41, 5.74) is 1.06. The lowest BCUT2D eigenvalue weighted by atomic mass is 10.1. The fraction of sp³-hybridized carbons (Fsp3) is 0.500. The second-order valence-electron chi connectivity index (χ2n) is 4.13. The molecule has 0 saturated carbocycles. The predicted molar refractivity (Wildman–Crippen MR) is 63.4 cm³/mol. The number of nitrogens with zero attached hydrogens (tertiary/aromatic N) is 2. The molecule has 0 aliphatic carbocycles. The highest BCUT2D eigenvalue weighted by Crippen LogP contribution is 2.20. The third kappa shape index (κ3) is 2.74. The number of aromatic nitrogens is 1. The molecule has 17 heavy (non-hydrogen) atoms. The van der Waals surface area contributed by atoms with Crippen molar-refractivity contribution in [3.63, 3.8) is 0 Å². The SMILES string of the molecule is COC1CCN(c2ccc(C(=O)O)nc2)CC1. The molecule has 1 N–H and O–H groups in total. The number of carboxylic acid groups (broad SMARTS) is 1. The van der Waals surface area contributed by atoms with E-state index >= 15 is 0 Å². The van der Waals surface area contributed by atoms with Gasteiger partial charge in [0.2, 0.25) is 0 Å². The zero-order chi connectivity index (χ0) is 12.3. The van der Waals surface area contributed by atoms with Gasteiger partial charge in [0.05, 0.1) is 18.0 Å². The quantitative estimate of drug-likeness (QED) is 0.859. The average molecular weight is 236 g/mol. The molecule has 1 aromatic rings. The Balaban J connectivity index is 2.01. The van der Waals surface area contributed by atoms with Crippen LogP contribution in [0.15, 0.2) is 18.3 Å². The van der Waals surface area contributed by atoms with E-state index in [1.165, 1.54) is 0 Å². The van der Waals surface area contributed by atoms with Crippen LogP contribution in [0.1, 0.15) is 23.3 Å². The van der Waals surface area contributed by atoms with E-state index < -0.39 is 5.97 Å². The monoisotopic (exact) mass is 236 g/mol. The number of anilines is 1. The summed E-state index contributed by atoms with van der Waals surface area (Å²) in [7, 11) is 1.74. The van der Waals surface area contributed by atoms with E-state index in [0.717, 1.165) is 31.6 Å². The minimum Gasteiger partial charge on any atom is -0.477 e. The highest BCUT2D eigenvalue weighted by atomic mass is 16.5. The molecule has 0 spiro atoms. The van der Waals surface area contributed by atoms with Crippen molar-refractivity contribution >= 4 is 11.7 Å². The maximum atomic E-state index is 10.7. The second kappa shape index (κ2) is 5.14. The van der Waals surface area contributed by atoms with Gasteiger partial charge in [0, 0.05) is 20.2 Å². The first-order valence-corrected chi connectivity index (χ1v) is 5.68. The highest BCUT2D eigenvalue weighted by molar-refractivity contribution is 5.85. The third-order valence-corrected chi connectivity index (χ3v) is 3.11. The summed E-state index contributed by atoms with van der Waals surface area (Å²) in [6.45, 7) is 1.85. The molecule has 0 aromatic carbocycles. The lowest BCUT2D eigenvalue weighted by Gasteiger charge is -2.32. The predicted octanol–water partition coefficient (Wildman–Crippen LogP) is 1.40. The molecule has 1 aromatic heterocycles. The zero-order valence-corrected chi connectivity index (χ0v) is 9.80. The maximum Gasteiger partial charge on any atom is 0.354 e. The van der Waals surface area contributed by atoms with Crippen LogP contribution in [0, 0.1) is 0 Å². The molecule has 1 aliphatic rings. The van der Waals surface area contributed by atoms with Crippen molar-refractivity contribution in [2.45, 2.75) is 18.9 Å². The number of hydrogen-bond acceptors (Lipinski definition) is 4. The molecule has 92 valence electrons. The molecule has 2 heterocycles. The number of rotatable bonds is 3. The van der Waals surface area contributed by atoms with Gasteiger partial charge in [-0.15, -0.1) is 0 Å². The number of pyridine rings is 1. The number of methoxy groups -OCH3 is 1. The number of carboxylic acids is 1. The molecular weight excluding hydrogens is 220 g/mol. The highest BCUT2D eigenvalue weighted by Gasteiger charge is 2.19. The number of ether oxygens (including phenoxy) is 1. The molecule has 0 bridgehead atoms. The molecule has 0 unspecified atom stereocenters. The molecule has 0 radical (unpaired) electrons. The molecule has 1 aliphatic heterocycles. The van der Waals surface area contributed by atoms with Crippen LogP contribution >= 0.6 is 0 Å². The number of piperidine rings is 1. The van der Waals surface area contributed by atoms with Crippen LogP contribution in [0.25, 0.3) is 0 Å². The van der Waals surface area contributed by atoms with Crippen LogP contribution in [0.5, 0.6) is 0 Å². The number of aromatic carboxylic acids is 1. The topological polar surface area (TPSA) is 62.7 Å². The Hall–Kier alpha value is -1.62. The first kappa shape index (κ1) is 11.9. The van der Waals surface area contributed by atoms with Crippen LogP contribution in [0.3, 0.4) is 0 Å². The van der Waals surface area contributed by atoms with Crippen LogP contribution in [0.2, 0.25) is 0 Å². The van der Waals surface area contributed by atoms with Gasteiger partial charge in [0.1, 0.15) is 5.69 Å². The average Bonchev–Trinajstić information content (AvgIpc) is 2.39. The van der Waals surface area contributed by atoms with Crippen molar-refractivity contribution in [3.8, 4) is 0 Å². The van der Waals surface area contributed by atoms with Crippen molar-refractivity contribution < 1.29 is 14.6 Å². The van der Waals surface area contributed by atoms with Gasteiger partial charge in [-0.3, -0.25) is 0 Å². The summed E-state index contributed by atoms with van der Waals surface area (Å²) < 4.78 is 5.31. The van der Waals surface area contributed by atoms with Crippen LogP contribution in [-0.2, 0) is 4.74 Å². The van der Waals surface area contributed by atoms with Crippen molar-refractivity contribution in [1.29, 1.82) is 0 Å². The number of hydrogen-bond donors (Lipinski definition) is 1. The fourth-order valence-corrected chi connectivity index (χ4v) is 2.05. The maximum absolute atomic E-state index is 10.7. The summed E-state index contributed by atoms with van der Waals surface area (Å²) in [6, 6.07) is 3.35. The Morgan fingerprint density at radius 1 is 1.47 bits per heavy atom. The summed E-state index contributed by atoms with van der Waals surface area (Å²) >= 11 is 0. The molecule has 1 fully saturated rings. The summed E-state index contributed by atoms with van der Waals surface area (Å²) in [4.78, 5) is 16.8. The molecule has 5 heteroatoms. The van der Waals surface area contributed by atoms with Gasteiger partial charge < -0.3 is 14.7 Å². The Morgan fingerprint density at radius 2 is 2.18 bits per heavy atom. The van der Waals surface area contributed by atoms with Gasteiger partial charge in [-0.25, -0.2) is 9.78 Å². The van der Waals surface area contributed by atoms with Gasteiger partial charge in [-0.1, -0.05) is 0 Å². The Labute approximate surface area is 100 Å². The van der Waals surface area contributed by atoms with E-state index in [1.54, 1.807) is 19.4 Å². The summed E-state index contributed by atoms with van der Waals surface area (Å²) in [5, 5.41) is 8.76. The van der Waals surface area contributed by atoms with Gasteiger partial charge in [0.15, 0.2) is 0 Å². The minimum absolute atomic E-state index is 0.0838. The summed E-state index contributed by atoms with van der Waals surface area (Å²) in [5.74, 6) is -0.991. The molecule has 1 saturated heterocycles. The molecule has 0 amide bonds. The van der Waals surface area contributed by atoms with Crippen molar-refractivity contribution in [2.75, 3.05) is 25.1 Å². The molecule has 5 nitrogen and oxygen atoms in total. The summed E-state index contributed by atoms with van der Waals surface area (Å²) in [6.07, 6.45) is 3.96. The van der Waals surface area contributed by atoms with E-state index in [9.17, 15) is 4.79 Å². The van der Waals surface area contributed by atoms with E-state index in [1.807, 2.05) is 6.07 Å². The molecule has 2 rings (SSSR count).